The molecule has 0 radical (unpaired) electrons. The molecular weight excluding hydrogens is 369 g/mol. The summed E-state index contributed by atoms with van der Waals surface area (Å²) in [4.78, 5) is 28.0. The van der Waals surface area contributed by atoms with E-state index in [1.54, 1.807) is 0 Å². The fourth-order valence-electron chi connectivity index (χ4n) is 1.94. The van der Waals surface area contributed by atoms with Crippen molar-refractivity contribution in [3.05, 3.63) is 59.2 Å². The Morgan fingerprint density at radius 2 is 1.74 bits per heavy atom. The zero-order chi connectivity index (χ0) is 20.0. The van der Waals surface area contributed by atoms with Gasteiger partial charge in [-0.3, -0.25) is 0 Å². The van der Waals surface area contributed by atoms with Gasteiger partial charge >= 0.3 is 18.3 Å². The summed E-state index contributed by atoms with van der Waals surface area (Å²) in [5.41, 5.74) is 5.96. The number of oxime groups is 1. The highest BCUT2D eigenvalue weighted by Gasteiger charge is 2.31. The Morgan fingerprint density at radius 3 is 2.33 bits per heavy atom. The second kappa shape index (κ2) is 8.21. The van der Waals surface area contributed by atoms with E-state index >= 15 is 0 Å². The molecule has 0 atom stereocenters. The smallest absolute Gasteiger partial charge is 0.465 e. The number of carbonyl (C=O) groups is 2. The van der Waals surface area contributed by atoms with Crippen molar-refractivity contribution in [2.75, 3.05) is 12.8 Å². The highest BCUT2D eigenvalue weighted by atomic mass is 19.4. The van der Waals surface area contributed by atoms with Crippen LogP contribution in [0.3, 0.4) is 0 Å². The average molecular weight is 382 g/mol. The van der Waals surface area contributed by atoms with Gasteiger partial charge in [-0.05, 0) is 30.3 Å². The third kappa shape index (κ3) is 5.73. The van der Waals surface area contributed by atoms with Crippen LogP contribution >= 0.6 is 0 Å². The molecule has 0 saturated carbocycles. The molecule has 2 aromatic carbocycles. The molecule has 2 N–H and O–H groups in total. The number of nitrogens with two attached hydrogens (primary N) is 1. The van der Waals surface area contributed by atoms with Crippen molar-refractivity contribution in [1.29, 1.82) is 0 Å². The molecule has 0 heterocycles. The van der Waals surface area contributed by atoms with E-state index in [9.17, 15) is 22.8 Å². The molecule has 0 unspecified atom stereocenters. The Labute approximate surface area is 151 Å². The molecule has 0 bridgehead atoms. The Morgan fingerprint density at radius 1 is 1.07 bits per heavy atom. The number of nitrogen functional groups attached to an aromatic ring is 1. The van der Waals surface area contributed by atoms with Gasteiger partial charge in [-0.2, -0.15) is 0 Å². The molecule has 7 nitrogen and oxygen atoms in total. The highest BCUT2D eigenvalue weighted by molar-refractivity contribution is 5.95. The fourth-order valence-corrected chi connectivity index (χ4v) is 1.94. The van der Waals surface area contributed by atoms with Crippen molar-refractivity contribution >= 4 is 23.8 Å². The van der Waals surface area contributed by atoms with Gasteiger partial charge in [0, 0.05) is 17.3 Å². The summed E-state index contributed by atoms with van der Waals surface area (Å²) in [5, 5.41) is 3.44. The van der Waals surface area contributed by atoms with Gasteiger partial charge in [0.25, 0.3) is 0 Å². The number of carbonyl (C=O) groups excluding carboxylic acids is 2. The van der Waals surface area contributed by atoms with Crippen LogP contribution in [0, 0.1) is 0 Å². The van der Waals surface area contributed by atoms with Gasteiger partial charge in [0.15, 0.2) is 0 Å². The Balaban J connectivity index is 2.05. The molecule has 0 fully saturated rings. The summed E-state index contributed by atoms with van der Waals surface area (Å²) >= 11 is 0. The van der Waals surface area contributed by atoms with Gasteiger partial charge in [-0.25, -0.2) is 9.59 Å². The Kier molecular flexibility index (Phi) is 6.01. The molecule has 2 rings (SSSR count). The first-order valence-electron chi connectivity index (χ1n) is 7.28. The van der Waals surface area contributed by atoms with Crippen LogP contribution < -0.4 is 10.5 Å². The van der Waals surface area contributed by atoms with Crippen LogP contribution in [0.15, 0.2) is 47.6 Å². The molecule has 0 amide bonds. The third-order valence-corrected chi connectivity index (χ3v) is 3.14. The maximum absolute atomic E-state index is 12.2. The van der Waals surface area contributed by atoms with E-state index in [1.165, 1.54) is 37.4 Å². The van der Waals surface area contributed by atoms with E-state index in [1.807, 2.05) is 0 Å². The van der Waals surface area contributed by atoms with Gasteiger partial charge in [0.1, 0.15) is 5.75 Å². The van der Waals surface area contributed by atoms with E-state index in [2.05, 4.69) is 19.5 Å². The summed E-state index contributed by atoms with van der Waals surface area (Å²) in [7, 11) is 1.20. The normalized spacial score (nSPS) is 11.3. The van der Waals surface area contributed by atoms with Crippen molar-refractivity contribution in [3.8, 4) is 5.75 Å². The minimum Gasteiger partial charge on any atom is -0.465 e. The molecule has 0 aromatic heterocycles. The first-order chi connectivity index (χ1) is 12.7. The summed E-state index contributed by atoms with van der Waals surface area (Å²) in [5.74, 6) is -1.97. The topological polar surface area (TPSA) is 100 Å². The minimum atomic E-state index is -4.84. The zero-order valence-corrected chi connectivity index (χ0v) is 13.8. The molecular formula is C17H13F3N2O5. The van der Waals surface area contributed by atoms with Crippen LogP contribution in [-0.2, 0) is 9.57 Å². The average Bonchev–Trinajstić information content (AvgIpc) is 2.61. The molecule has 0 aliphatic carbocycles. The number of rotatable bonds is 5. The predicted molar refractivity (Wildman–Crippen MR) is 88.3 cm³/mol. The van der Waals surface area contributed by atoms with E-state index in [0.29, 0.717) is 0 Å². The zero-order valence-electron chi connectivity index (χ0n) is 13.8. The first kappa shape index (κ1) is 19.8. The van der Waals surface area contributed by atoms with Gasteiger partial charge < -0.3 is 20.0 Å². The standard InChI is InChI=1S/C17H13F3N2O5/c1-25-15(23)10-3-2-4-11(7-10)16(24)27-22-9-12-5-6-13(8-14(12)21)26-17(18,19)20/h2-9H,21H2,1H3/b22-9+. The number of anilines is 1. The maximum Gasteiger partial charge on any atom is 0.573 e. The van der Waals surface area contributed by atoms with Crippen LogP contribution in [-0.4, -0.2) is 31.6 Å². The second-order valence-corrected chi connectivity index (χ2v) is 5.02. The number of hydrogen-bond acceptors (Lipinski definition) is 7. The predicted octanol–water partition coefficient (Wildman–Crippen LogP) is 3.14. The summed E-state index contributed by atoms with van der Waals surface area (Å²) in [6, 6.07) is 8.79. The van der Waals surface area contributed by atoms with E-state index in [-0.39, 0.29) is 22.4 Å². The number of halogens is 3. The van der Waals surface area contributed by atoms with Crippen LogP contribution in [0.25, 0.3) is 0 Å². The summed E-state index contributed by atoms with van der Waals surface area (Å²) < 4.78 is 44.7. The van der Waals surface area contributed by atoms with Crippen molar-refractivity contribution in [3.63, 3.8) is 0 Å². The maximum atomic E-state index is 12.2. The molecule has 0 aliphatic rings. The van der Waals surface area contributed by atoms with Crippen LogP contribution in [0.5, 0.6) is 5.75 Å². The fraction of sp³-hybridized carbons (Fsp3) is 0.118. The molecule has 10 heteroatoms. The molecule has 0 saturated heterocycles. The lowest BCUT2D eigenvalue weighted by atomic mass is 10.1. The van der Waals surface area contributed by atoms with Crippen molar-refractivity contribution in [2.24, 2.45) is 5.16 Å². The quantitative estimate of drug-likeness (QED) is 0.280. The highest BCUT2D eigenvalue weighted by Crippen LogP contribution is 2.25. The number of benzene rings is 2. The number of alkyl halides is 3. The number of ether oxygens (including phenoxy) is 2. The molecule has 0 aliphatic heterocycles. The lowest BCUT2D eigenvalue weighted by molar-refractivity contribution is -0.274. The largest absolute Gasteiger partial charge is 0.573 e. The van der Waals surface area contributed by atoms with Gasteiger partial charge in [0.05, 0.1) is 24.5 Å². The van der Waals surface area contributed by atoms with Crippen molar-refractivity contribution in [2.45, 2.75) is 6.36 Å². The molecule has 142 valence electrons. The van der Waals surface area contributed by atoms with Crippen LogP contribution in [0.1, 0.15) is 26.3 Å². The van der Waals surface area contributed by atoms with Crippen molar-refractivity contribution < 1.29 is 37.1 Å². The summed E-state index contributed by atoms with van der Waals surface area (Å²) in [6.45, 7) is 0. The van der Waals surface area contributed by atoms with Gasteiger partial charge in [0.2, 0.25) is 0 Å². The number of esters is 1. The molecule has 27 heavy (non-hydrogen) atoms. The van der Waals surface area contributed by atoms with Gasteiger partial charge in [-0.1, -0.05) is 11.2 Å². The summed E-state index contributed by atoms with van der Waals surface area (Å²) in [6.07, 6.45) is -3.79. The number of nitrogens with zero attached hydrogens (tertiary/aromatic N) is 1. The Bertz CT molecular complexity index is 881. The lowest BCUT2D eigenvalue weighted by Gasteiger charge is -2.09. The monoisotopic (exact) mass is 382 g/mol. The van der Waals surface area contributed by atoms with Crippen LogP contribution in [0.2, 0.25) is 0 Å². The number of methoxy groups -OCH3 is 1. The number of hydrogen-bond donors (Lipinski definition) is 1. The van der Waals surface area contributed by atoms with E-state index < -0.39 is 24.1 Å². The SMILES string of the molecule is COC(=O)c1cccc(C(=O)O/N=C/c2ccc(OC(F)(F)F)cc2N)c1. The lowest BCUT2D eigenvalue weighted by Crippen LogP contribution is -2.17. The molecule has 2 aromatic rings. The Hall–Kier alpha value is -3.56. The first-order valence-corrected chi connectivity index (χ1v) is 7.28. The van der Waals surface area contributed by atoms with E-state index in [0.717, 1.165) is 18.3 Å². The third-order valence-electron chi connectivity index (χ3n) is 3.14. The van der Waals surface area contributed by atoms with E-state index in [4.69, 9.17) is 5.73 Å². The minimum absolute atomic E-state index is 0.0527. The second-order valence-electron chi connectivity index (χ2n) is 5.02. The molecule has 0 spiro atoms. The van der Waals surface area contributed by atoms with Gasteiger partial charge in [-0.15, -0.1) is 13.2 Å². The van der Waals surface area contributed by atoms with Crippen molar-refractivity contribution in [1.82, 2.24) is 0 Å². The van der Waals surface area contributed by atoms with Crippen LogP contribution in [0.4, 0.5) is 18.9 Å².